The van der Waals surface area contributed by atoms with E-state index in [1.807, 2.05) is 48.5 Å². The number of para-hydroxylation sites is 1. The average Bonchev–Trinajstić information content (AvgIpc) is 2.44. The Morgan fingerprint density at radius 2 is 1.80 bits per heavy atom. The molecule has 0 aliphatic carbocycles. The van der Waals surface area contributed by atoms with Crippen LogP contribution < -0.4 is 4.74 Å². The number of aromatic nitrogens is 1. The summed E-state index contributed by atoms with van der Waals surface area (Å²) in [5.74, 6) is 0.723. The number of fused-ring (bicyclic) bond motifs is 1. The average molecular weight is 304 g/mol. The van der Waals surface area contributed by atoms with Gasteiger partial charge in [0.05, 0.1) is 5.52 Å². The van der Waals surface area contributed by atoms with Crippen LogP contribution in [0.3, 0.4) is 0 Å². The second kappa shape index (κ2) is 5.70. The first-order valence-corrected chi connectivity index (χ1v) is 6.90. The number of pyridine rings is 1. The van der Waals surface area contributed by atoms with Crippen molar-refractivity contribution in [3.8, 4) is 5.75 Å². The number of nitrogens with zero attached hydrogens (tertiary/aromatic N) is 1. The summed E-state index contributed by atoms with van der Waals surface area (Å²) >= 11 is 12.0. The summed E-state index contributed by atoms with van der Waals surface area (Å²) < 4.78 is 5.86. The van der Waals surface area contributed by atoms with Gasteiger partial charge in [0.2, 0.25) is 0 Å². The van der Waals surface area contributed by atoms with E-state index in [1.54, 1.807) is 6.07 Å². The topological polar surface area (TPSA) is 22.1 Å². The van der Waals surface area contributed by atoms with Gasteiger partial charge in [-0.2, -0.15) is 0 Å². The highest BCUT2D eigenvalue weighted by atomic mass is 35.5. The molecule has 100 valence electrons. The van der Waals surface area contributed by atoms with E-state index in [2.05, 4.69) is 4.98 Å². The molecule has 0 unspecified atom stereocenters. The van der Waals surface area contributed by atoms with E-state index in [0.717, 1.165) is 22.2 Å². The number of rotatable bonds is 3. The predicted octanol–water partition coefficient (Wildman–Crippen LogP) is 5.12. The van der Waals surface area contributed by atoms with E-state index in [-0.39, 0.29) is 0 Å². The van der Waals surface area contributed by atoms with E-state index >= 15 is 0 Å². The van der Waals surface area contributed by atoms with Gasteiger partial charge in [0.1, 0.15) is 17.5 Å². The van der Waals surface area contributed by atoms with Crippen molar-refractivity contribution in [2.24, 2.45) is 0 Å². The van der Waals surface area contributed by atoms with E-state index in [9.17, 15) is 0 Å². The number of halogens is 2. The highest BCUT2D eigenvalue weighted by molar-refractivity contribution is 6.30. The Morgan fingerprint density at radius 1 is 0.950 bits per heavy atom. The molecule has 0 spiro atoms. The van der Waals surface area contributed by atoms with Gasteiger partial charge in [-0.25, -0.2) is 4.98 Å². The second-order valence-corrected chi connectivity index (χ2v) is 5.20. The van der Waals surface area contributed by atoms with Crippen LogP contribution in [0.1, 0.15) is 5.56 Å². The van der Waals surface area contributed by atoms with E-state index < -0.39 is 0 Å². The van der Waals surface area contributed by atoms with Crippen molar-refractivity contribution in [2.45, 2.75) is 6.61 Å². The molecule has 2 nitrogen and oxygen atoms in total. The lowest BCUT2D eigenvalue weighted by Crippen LogP contribution is -1.96. The Labute approximate surface area is 126 Å². The lowest BCUT2D eigenvalue weighted by molar-refractivity contribution is 0.310. The Morgan fingerprint density at radius 3 is 2.65 bits per heavy atom. The molecule has 0 saturated heterocycles. The summed E-state index contributed by atoms with van der Waals surface area (Å²) in [6, 6.07) is 17.1. The fourth-order valence-electron chi connectivity index (χ4n) is 2.02. The van der Waals surface area contributed by atoms with Gasteiger partial charge >= 0.3 is 0 Å². The minimum Gasteiger partial charge on any atom is -0.488 e. The zero-order chi connectivity index (χ0) is 13.9. The summed E-state index contributed by atoms with van der Waals surface area (Å²) in [6.45, 7) is 0.435. The summed E-state index contributed by atoms with van der Waals surface area (Å²) in [5.41, 5.74) is 1.83. The van der Waals surface area contributed by atoms with Crippen LogP contribution in [0.4, 0.5) is 0 Å². The molecule has 0 amide bonds. The van der Waals surface area contributed by atoms with E-state index in [0.29, 0.717) is 16.8 Å². The first-order chi connectivity index (χ1) is 9.72. The third-order valence-electron chi connectivity index (χ3n) is 2.93. The van der Waals surface area contributed by atoms with Gasteiger partial charge in [-0.05, 0) is 29.8 Å². The van der Waals surface area contributed by atoms with Crippen LogP contribution in [0.5, 0.6) is 5.75 Å². The largest absolute Gasteiger partial charge is 0.488 e. The SMILES string of the molecule is Clc1cccc(COc2cc(Cl)nc3ccccc23)c1. The molecule has 0 saturated carbocycles. The van der Waals surface area contributed by atoms with Crippen LogP contribution in [0.25, 0.3) is 10.9 Å². The van der Waals surface area contributed by atoms with Crippen LogP contribution >= 0.6 is 23.2 Å². The van der Waals surface area contributed by atoms with Crippen molar-refractivity contribution in [2.75, 3.05) is 0 Å². The third-order valence-corrected chi connectivity index (χ3v) is 3.36. The normalized spacial score (nSPS) is 10.7. The molecule has 3 rings (SSSR count). The standard InChI is InChI=1S/C16H11Cl2NO/c17-12-5-3-4-11(8-12)10-20-15-9-16(18)19-14-7-2-1-6-13(14)15/h1-9H,10H2. The molecule has 2 aromatic carbocycles. The molecule has 0 radical (unpaired) electrons. The maximum absolute atomic E-state index is 6.02. The van der Waals surface area contributed by atoms with Crippen LogP contribution in [0.15, 0.2) is 54.6 Å². The molecule has 1 aromatic heterocycles. The van der Waals surface area contributed by atoms with Crippen LogP contribution in [0.2, 0.25) is 10.2 Å². The smallest absolute Gasteiger partial charge is 0.133 e. The zero-order valence-electron chi connectivity index (χ0n) is 10.5. The minimum atomic E-state index is 0.421. The van der Waals surface area contributed by atoms with Crippen LogP contribution in [0, 0.1) is 0 Å². The molecule has 0 fully saturated rings. The van der Waals surface area contributed by atoms with Crippen molar-refractivity contribution in [1.82, 2.24) is 4.98 Å². The molecule has 0 aliphatic heterocycles. The zero-order valence-corrected chi connectivity index (χ0v) is 12.0. The summed E-state index contributed by atoms with van der Waals surface area (Å²) in [6.07, 6.45) is 0. The fraction of sp³-hybridized carbons (Fsp3) is 0.0625. The maximum atomic E-state index is 6.02. The van der Waals surface area contributed by atoms with Crippen molar-refractivity contribution in [1.29, 1.82) is 0 Å². The van der Waals surface area contributed by atoms with E-state index in [4.69, 9.17) is 27.9 Å². The van der Waals surface area contributed by atoms with Gasteiger partial charge in [-0.1, -0.05) is 47.5 Å². The van der Waals surface area contributed by atoms with Crippen LogP contribution in [-0.4, -0.2) is 4.98 Å². The minimum absolute atomic E-state index is 0.421. The molecule has 0 atom stereocenters. The number of hydrogen-bond donors (Lipinski definition) is 0. The van der Waals surface area contributed by atoms with E-state index in [1.165, 1.54) is 0 Å². The van der Waals surface area contributed by atoms with Gasteiger partial charge in [-0.15, -0.1) is 0 Å². The second-order valence-electron chi connectivity index (χ2n) is 4.38. The first kappa shape index (κ1) is 13.2. The number of benzene rings is 2. The van der Waals surface area contributed by atoms with Crippen LogP contribution in [-0.2, 0) is 6.61 Å². The monoisotopic (exact) mass is 303 g/mol. The molecular formula is C16H11Cl2NO. The lowest BCUT2D eigenvalue weighted by atomic mass is 10.2. The van der Waals surface area contributed by atoms with Gasteiger partial charge in [0, 0.05) is 16.5 Å². The third kappa shape index (κ3) is 2.87. The lowest BCUT2D eigenvalue weighted by Gasteiger charge is -2.10. The number of ether oxygens (including phenoxy) is 1. The summed E-state index contributed by atoms with van der Waals surface area (Å²) in [4.78, 5) is 4.27. The quantitative estimate of drug-likeness (QED) is 0.626. The van der Waals surface area contributed by atoms with Gasteiger partial charge in [0.25, 0.3) is 0 Å². The molecule has 0 aliphatic rings. The molecule has 1 heterocycles. The Hall–Kier alpha value is -1.77. The van der Waals surface area contributed by atoms with Crippen molar-refractivity contribution in [3.05, 3.63) is 70.3 Å². The highest BCUT2D eigenvalue weighted by Crippen LogP contribution is 2.28. The fourth-order valence-corrected chi connectivity index (χ4v) is 2.42. The first-order valence-electron chi connectivity index (χ1n) is 6.15. The molecule has 0 N–H and O–H groups in total. The van der Waals surface area contributed by atoms with Crippen molar-refractivity contribution in [3.63, 3.8) is 0 Å². The van der Waals surface area contributed by atoms with Gasteiger partial charge < -0.3 is 4.74 Å². The summed E-state index contributed by atoms with van der Waals surface area (Å²) in [7, 11) is 0. The molecular weight excluding hydrogens is 293 g/mol. The highest BCUT2D eigenvalue weighted by Gasteiger charge is 2.06. The predicted molar refractivity (Wildman–Crippen MR) is 82.5 cm³/mol. The molecule has 20 heavy (non-hydrogen) atoms. The maximum Gasteiger partial charge on any atom is 0.133 e. The van der Waals surface area contributed by atoms with Crippen molar-refractivity contribution < 1.29 is 4.74 Å². The molecule has 3 aromatic rings. The Bertz CT molecular complexity index is 758. The Kier molecular flexibility index (Phi) is 3.77. The number of hydrogen-bond acceptors (Lipinski definition) is 2. The van der Waals surface area contributed by atoms with Gasteiger partial charge in [0.15, 0.2) is 0 Å². The summed E-state index contributed by atoms with van der Waals surface area (Å²) in [5, 5.41) is 2.06. The van der Waals surface area contributed by atoms with Crippen molar-refractivity contribution >= 4 is 34.1 Å². The Balaban J connectivity index is 1.91. The van der Waals surface area contributed by atoms with Gasteiger partial charge in [-0.3, -0.25) is 0 Å². The molecule has 0 bridgehead atoms. The molecule has 4 heteroatoms.